The van der Waals surface area contributed by atoms with Crippen LogP contribution in [0.4, 0.5) is 15.8 Å². The molecule has 0 saturated carbocycles. The standard InChI is InChI=1S/C13H14FN3O2S/c1-16-20-17(4-5-18)13-11(19)7-8-6-9(15)2-3-10(8)12(13)14/h2-3,5-7,16,19H,4,15H2,1H3. The Morgan fingerprint density at radius 2 is 2.25 bits per heavy atom. The zero-order valence-corrected chi connectivity index (χ0v) is 11.6. The molecule has 20 heavy (non-hydrogen) atoms. The summed E-state index contributed by atoms with van der Waals surface area (Å²) in [6, 6.07) is 6.14. The van der Waals surface area contributed by atoms with Crippen molar-refractivity contribution in [2.24, 2.45) is 0 Å². The van der Waals surface area contributed by atoms with Crippen molar-refractivity contribution < 1.29 is 14.3 Å². The van der Waals surface area contributed by atoms with Gasteiger partial charge in [-0.15, -0.1) is 0 Å². The van der Waals surface area contributed by atoms with Crippen LogP contribution in [0.3, 0.4) is 0 Å². The van der Waals surface area contributed by atoms with Crippen LogP contribution in [0, 0.1) is 5.82 Å². The van der Waals surface area contributed by atoms with E-state index in [2.05, 4.69) is 4.72 Å². The predicted octanol–water partition coefficient (Wildman–Crippen LogP) is 2.05. The third kappa shape index (κ3) is 2.63. The van der Waals surface area contributed by atoms with Gasteiger partial charge in [-0.05, 0) is 36.7 Å². The molecular formula is C13H14FN3O2S. The Bertz CT molecular complexity index is 651. The van der Waals surface area contributed by atoms with Gasteiger partial charge >= 0.3 is 0 Å². The minimum Gasteiger partial charge on any atom is -0.506 e. The number of nitrogens with two attached hydrogens (primary N) is 1. The highest BCUT2D eigenvalue weighted by molar-refractivity contribution is 7.98. The van der Waals surface area contributed by atoms with Crippen LogP contribution in [0.15, 0.2) is 24.3 Å². The Morgan fingerprint density at radius 1 is 1.50 bits per heavy atom. The highest BCUT2D eigenvalue weighted by Gasteiger charge is 2.19. The fourth-order valence-corrected chi connectivity index (χ4v) is 2.57. The lowest BCUT2D eigenvalue weighted by atomic mass is 10.1. The van der Waals surface area contributed by atoms with Gasteiger partial charge in [0.05, 0.1) is 6.54 Å². The van der Waals surface area contributed by atoms with Crippen LogP contribution >= 0.6 is 12.1 Å². The number of halogens is 1. The van der Waals surface area contributed by atoms with E-state index in [1.807, 2.05) is 0 Å². The zero-order chi connectivity index (χ0) is 14.7. The summed E-state index contributed by atoms with van der Waals surface area (Å²) in [4.78, 5) is 10.7. The van der Waals surface area contributed by atoms with Crippen LogP contribution in [0.5, 0.6) is 5.75 Å². The van der Waals surface area contributed by atoms with Crippen molar-refractivity contribution >= 4 is 40.6 Å². The first-order chi connectivity index (χ1) is 9.58. The number of hydrogen-bond acceptors (Lipinski definition) is 6. The maximum atomic E-state index is 14.6. The molecule has 7 heteroatoms. The minimum absolute atomic E-state index is 0.0336. The number of nitrogen functional groups attached to an aromatic ring is 1. The maximum Gasteiger partial charge on any atom is 0.159 e. The summed E-state index contributed by atoms with van der Waals surface area (Å²) in [5.74, 6) is -0.838. The number of carbonyl (C=O) groups is 1. The molecule has 5 nitrogen and oxygen atoms in total. The number of rotatable bonds is 5. The van der Waals surface area contributed by atoms with Gasteiger partial charge in [-0.1, -0.05) is 0 Å². The summed E-state index contributed by atoms with van der Waals surface area (Å²) in [5, 5.41) is 10.9. The van der Waals surface area contributed by atoms with Crippen molar-refractivity contribution in [1.82, 2.24) is 4.72 Å². The largest absolute Gasteiger partial charge is 0.506 e. The molecule has 0 heterocycles. The SMILES string of the molecule is CNSN(CC=O)c1c(O)cc2cc(N)ccc2c1F. The average Bonchev–Trinajstić information content (AvgIpc) is 2.38. The first-order valence-electron chi connectivity index (χ1n) is 5.84. The lowest BCUT2D eigenvalue weighted by molar-refractivity contribution is -0.106. The summed E-state index contributed by atoms with van der Waals surface area (Å²) in [6.07, 6.45) is 0.635. The second-order valence-electron chi connectivity index (χ2n) is 4.06. The fourth-order valence-electron chi connectivity index (χ4n) is 1.95. The number of aromatic hydroxyl groups is 1. The van der Waals surface area contributed by atoms with Crippen molar-refractivity contribution in [3.05, 3.63) is 30.1 Å². The molecule has 0 bridgehead atoms. The third-order valence-corrected chi connectivity index (χ3v) is 3.48. The molecule has 0 aliphatic rings. The van der Waals surface area contributed by atoms with E-state index in [1.54, 1.807) is 25.2 Å². The van der Waals surface area contributed by atoms with Gasteiger partial charge in [0.15, 0.2) is 5.82 Å². The molecule has 2 aromatic rings. The lowest BCUT2D eigenvalue weighted by Crippen LogP contribution is -2.22. The molecule has 0 amide bonds. The van der Waals surface area contributed by atoms with Crippen LogP contribution in [0.25, 0.3) is 10.8 Å². The Kier molecular flexibility index (Phi) is 4.31. The maximum absolute atomic E-state index is 14.6. The first-order valence-corrected chi connectivity index (χ1v) is 6.61. The molecule has 0 saturated heterocycles. The summed E-state index contributed by atoms with van der Waals surface area (Å²) in [5.41, 5.74) is 6.09. The smallest absolute Gasteiger partial charge is 0.159 e. The molecule has 0 unspecified atom stereocenters. The molecule has 106 valence electrons. The number of anilines is 2. The highest BCUT2D eigenvalue weighted by Crippen LogP contribution is 2.38. The highest BCUT2D eigenvalue weighted by atomic mass is 32.2. The molecule has 2 aromatic carbocycles. The second kappa shape index (κ2) is 5.98. The van der Waals surface area contributed by atoms with Crippen LogP contribution in [0.2, 0.25) is 0 Å². The summed E-state index contributed by atoms with van der Waals surface area (Å²) < 4.78 is 18.6. The molecule has 0 aliphatic heterocycles. The number of phenols is 1. The number of nitrogens with zero attached hydrogens (tertiary/aromatic N) is 1. The van der Waals surface area contributed by atoms with E-state index in [-0.39, 0.29) is 18.0 Å². The Hall–Kier alpha value is -1.99. The van der Waals surface area contributed by atoms with Crippen molar-refractivity contribution in [2.75, 3.05) is 23.6 Å². The van der Waals surface area contributed by atoms with Gasteiger partial charge in [0.1, 0.15) is 17.7 Å². The molecule has 0 spiro atoms. The van der Waals surface area contributed by atoms with Crippen LogP contribution in [-0.2, 0) is 4.79 Å². The van der Waals surface area contributed by atoms with Crippen molar-refractivity contribution in [3.8, 4) is 5.75 Å². The van der Waals surface area contributed by atoms with Gasteiger partial charge in [-0.2, -0.15) is 0 Å². The van der Waals surface area contributed by atoms with Crippen LogP contribution < -0.4 is 14.8 Å². The van der Waals surface area contributed by atoms with Gasteiger partial charge in [-0.3, -0.25) is 4.31 Å². The quantitative estimate of drug-likeness (QED) is 0.445. The van der Waals surface area contributed by atoms with E-state index < -0.39 is 5.82 Å². The van der Waals surface area contributed by atoms with Gasteiger partial charge in [0.2, 0.25) is 0 Å². The molecular weight excluding hydrogens is 281 g/mol. The minimum atomic E-state index is -0.593. The van der Waals surface area contributed by atoms with Crippen molar-refractivity contribution in [2.45, 2.75) is 0 Å². The van der Waals surface area contributed by atoms with Gasteiger partial charge in [0.25, 0.3) is 0 Å². The number of benzene rings is 2. The number of hydrogen-bond donors (Lipinski definition) is 3. The number of phenolic OH excluding ortho intramolecular Hbond substituents is 1. The first kappa shape index (κ1) is 14.4. The predicted molar refractivity (Wildman–Crippen MR) is 80.0 cm³/mol. The molecule has 0 aliphatic carbocycles. The Balaban J connectivity index is 2.63. The summed E-state index contributed by atoms with van der Waals surface area (Å²) in [6.45, 7) is -0.0591. The molecule has 2 rings (SSSR count). The summed E-state index contributed by atoms with van der Waals surface area (Å²) in [7, 11) is 1.64. The van der Waals surface area contributed by atoms with Gasteiger partial charge < -0.3 is 15.6 Å². The topological polar surface area (TPSA) is 78.6 Å². The molecule has 0 fully saturated rings. The van der Waals surface area contributed by atoms with E-state index >= 15 is 0 Å². The average molecular weight is 295 g/mol. The van der Waals surface area contributed by atoms with Gasteiger partial charge in [-0.25, -0.2) is 9.11 Å². The molecule has 0 radical (unpaired) electrons. The monoisotopic (exact) mass is 295 g/mol. The fraction of sp³-hybridized carbons (Fsp3) is 0.154. The van der Waals surface area contributed by atoms with E-state index in [1.165, 1.54) is 10.4 Å². The summed E-state index contributed by atoms with van der Waals surface area (Å²) >= 11 is 1.02. The molecule has 4 N–H and O–H groups in total. The van der Waals surface area contributed by atoms with E-state index in [4.69, 9.17) is 5.73 Å². The Morgan fingerprint density at radius 3 is 2.90 bits per heavy atom. The van der Waals surface area contributed by atoms with Crippen molar-refractivity contribution in [3.63, 3.8) is 0 Å². The zero-order valence-electron chi connectivity index (χ0n) is 10.8. The second-order valence-corrected chi connectivity index (χ2v) is 5.09. The lowest BCUT2D eigenvalue weighted by Gasteiger charge is -2.22. The van der Waals surface area contributed by atoms with Crippen molar-refractivity contribution in [1.29, 1.82) is 0 Å². The normalized spacial score (nSPS) is 10.7. The van der Waals surface area contributed by atoms with Gasteiger partial charge in [0, 0.05) is 23.2 Å². The number of fused-ring (bicyclic) bond motifs is 1. The molecule has 0 atom stereocenters. The number of carbonyl (C=O) groups excluding carboxylic acids is 1. The van der Waals surface area contributed by atoms with Crippen LogP contribution in [-0.4, -0.2) is 25.0 Å². The van der Waals surface area contributed by atoms with E-state index in [9.17, 15) is 14.3 Å². The van der Waals surface area contributed by atoms with E-state index in [0.717, 1.165) is 12.1 Å². The van der Waals surface area contributed by atoms with Crippen LogP contribution in [0.1, 0.15) is 0 Å². The number of aldehydes is 1. The Labute approximate surface area is 119 Å². The van der Waals surface area contributed by atoms with E-state index in [0.29, 0.717) is 22.7 Å². The third-order valence-electron chi connectivity index (χ3n) is 2.75. The number of nitrogens with one attached hydrogen (secondary N) is 1. The molecule has 0 aromatic heterocycles.